The third-order valence-corrected chi connectivity index (χ3v) is 5.46. The minimum Gasteiger partial charge on any atom is -0.329 e. The maximum absolute atomic E-state index is 13.4. The SMILES string of the molecule is CN1C2CCC1CN(C(CN)c1ccc(F)c(Cl)c1)CC2. The Morgan fingerprint density at radius 2 is 2.10 bits per heavy atom. The lowest BCUT2D eigenvalue weighted by molar-refractivity contribution is 0.175. The van der Waals surface area contributed by atoms with Gasteiger partial charge in [0.1, 0.15) is 5.82 Å². The van der Waals surface area contributed by atoms with E-state index < -0.39 is 0 Å². The second-order valence-corrected chi connectivity index (χ2v) is 6.67. The summed E-state index contributed by atoms with van der Waals surface area (Å²) < 4.78 is 13.4. The number of halogens is 2. The first-order valence-electron chi connectivity index (χ1n) is 7.71. The highest BCUT2D eigenvalue weighted by Gasteiger charge is 2.36. The molecule has 2 bridgehead atoms. The molecule has 0 amide bonds. The van der Waals surface area contributed by atoms with Crippen LogP contribution in [0.2, 0.25) is 5.02 Å². The highest BCUT2D eigenvalue weighted by molar-refractivity contribution is 6.30. The van der Waals surface area contributed by atoms with Crippen molar-refractivity contribution in [2.24, 2.45) is 5.73 Å². The van der Waals surface area contributed by atoms with E-state index in [1.54, 1.807) is 6.07 Å². The van der Waals surface area contributed by atoms with Crippen molar-refractivity contribution < 1.29 is 4.39 Å². The minimum atomic E-state index is -0.370. The zero-order valence-corrected chi connectivity index (χ0v) is 13.2. The second kappa shape index (κ2) is 6.21. The van der Waals surface area contributed by atoms with Gasteiger partial charge in [-0.15, -0.1) is 0 Å². The van der Waals surface area contributed by atoms with E-state index in [9.17, 15) is 4.39 Å². The van der Waals surface area contributed by atoms with E-state index in [0.717, 1.165) is 18.7 Å². The topological polar surface area (TPSA) is 32.5 Å². The number of likely N-dealkylation sites (tertiary alicyclic amines) is 1. The molecule has 2 saturated heterocycles. The van der Waals surface area contributed by atoms with Crippen LogP contribution in [0.1, 0.15) is 30.9 Å². The molecule has 2 N–H and O–H groups in total. The second-order valence-electron chi connectivity index (χ2n) is 6.26. The summed E-state index contributed by atoms with van der Waals surface area (Å²) >= 11 is 5.93. The molecule has 2 aliphatic heterocycles. The number of fused-ring (bicyclic) bond motifs is 2. The lowest BCUT2D eigenvalue weighted by Crippen LogP contribution is -2.40. The molecule has 1 aromatic carbocycles. The van der Waals surface area contributed by atoms with Crippen LogP contribution in [0, 0.1) is 5.82 Å². The monoisotopic (exact) mass is 311 g/mol. The average molecular weight is 312 g/mol. The molecule has 0 aliphatic carbocycles. The van der Waals surface area contributed by atoms with E-state index in [1.807, 2.05) is 6.07 Å². The van der Waals surface area contributed by atoms with Gasteiger partial charge in [-0.2, -0.15) is 0 Å². The van der Waals surface area contributed by atoms with E-state index in [1.165, 1.54) is 25.3 Å². The summed E-state index contributed by atoms with van der Waals surface area (Å²) in [6.45, 7) is 2.61. The van der Waals surface area contributed by atoms with Crippen molar-refractivity contribution in [2.75, 3.05) is 26.7 Å². The van der Waals surface area contributed by atoms with Crippen molar-refractivity contribution in [3.05, 3.63) is 34.6 Å². The van der Waals surface area contributed by atoms with Crippen LogP contribution in [0.15, 0.2) is 18.2 Å². The van der Waals surface area contributed by atoms with Crippen LogP contribution in [0.25, 0.3) is 0 Å². The van der Waals surface area contributed by atoms with Crippen molar-refractivity contribution in [3.63, 3.8) is 0 Å². The summed E-state index contributed by atoms with van der Waals surface area (Å²) in [6.07, 6.45) is 3.75. The van der Waals surface area contributed by atoms with Crippen LogP contribution >= 0.6 is 11.6 Å². The molecule has 1 aromatic rings. The molecule has 5 heteroatoms. The third kappa shape index (κ3) is 2.95. The highest BCUT2D eigenvalue weighted by Crippen LogP contribution is 2.32. The first-order chi connectivity index (χ1) is 10.1. The van der Waals surface area contributed by atoms with Crippen molar-refractivity contribution >= 4 is 11.6 Å². The van der Waals surface area contributed by atoms with Gasteiger partial charge in [-0.1, -0.05) is 17.7 Å². The summed E-state index contributed by atoms with van der Waals surface area (Å²) in [7, 11) is 2.23. The third-order valence-electron chi connectivity index (χ3n) is 5.17. The van der Waals surface area contributed by atoms with Gasteiger partial charge in [0.25, 0.3) is 0 Å². The van der Waals surface area contributed by atoms with Crippen molar-refractivity contribution in [1.82, 2.24) is 9.80 Å². The zero-order chi connectivity index (χ0) is 15.0. The molecule has 3 unspecified atom stereocenters. The first kappa shape index (κ1) is 15.2. The van der Waals surface area contributed by atoms with Gasteiger partial charge in [0, 0.05) is 37.8 Å². The Balaban J connectivity index is 1.81. The highest BCUT2D eigenvalue weighted by atomic mass is 35.5. The van der Waals surface area contributed by atoms with Crippen LogP contribution in [0.5, 0.6) is 0 Å². The van der Waals surface area contributed by atoms with Gasteiger partial charge >= 0.3 is 0 Å². The van der Waals surface area contributed by atoms with Gasteiger partial charge in [-0.25, -0.2) is 4.39 Å². The number of nitrogens with zero attached hydrogens (tertiary/aromatic N) is 2. The van der Waals surface area contributed by atoms with E-state index in [2.05, 4.69) is 16.8 Å². The Kier molecular flexibility index (Phi) is 4.50. The summed E-state index contributed by atoms with van der Waals surface area (Å²) in [5, 5.41) is 0.180. The molecule has 2 heterocycles. The molecular formula is C16H23ClFN3. The van der Waals surface area contributed by atoms with Crippen LogP contribution < -0.4 is 5.73 Å². The first-order valence-corrected chi connectivity index (χ1v) is 8.09. The Labute approximate surface area is 130 Å². The van der Waals surface area contributed by atoms with E-state index >= 15 is 0 Å². The molecule has 21 heavy (non-hydrogen) atoms. The predicted molar refractivity (Wildman–Crippen MR) is 84.0 cm³/mol. The maximum Gasteiger partial charge on any atom is 0.141 e. The molecule has 0 spiro atoms. The molecule has 2 aliphatic rings. The molecule has 3 rings (SSSR count). The van der Waals surface area contributed by atoms with Gasteiger partial charge in [-0.05, 0) is 44.0 Å². The van der Waals surface area contributed by atoms with Crippen LogP contribution in [0.4, 0.5) is 4.39 Å². The van der Waals surface area contributed by atoms with E-state index in [-0.39, 0.29) is 16.9 Å². The fraction of sp³-hybridized carbons (Fsp3) is 0.625. The van der Waals surface area contributed by atoms with Gasteiger partial charge in [0.15, 0.2) is 0 Å². The fourth-order valence-corrected chi connectivity index (χ4v) is 4.02. The average Bonchev–Trinajstić information content (AvgIpc) is 2.70. The van der Waals surface area contributed by atoms with Crippen molar-refractivity contribution in [3.8, 4) is 0 Å². The molecule has 0 aromatic heterocycles. The van der Waals surface area contributed by atoms with Crippen molar-refractivity contribution in [1.29, 1.82) is 0 Å². The Bertz CT molecular complexity index is 510. The fourth-order valence-electron chi connectivity index (χ4n) is 3.83. The number of benzene rings is 1. The van der Waals surface area contributed by atoms with Gasteiger partial charge < -0.3 is 5.73 Å². The number of likely N-dealkylation sites (N-methyl/N-ethyl adjacent to an activating group) is 1. The molecule has 0 radical (unpaired) electrons. The lowest BCUT2D eigenvalue weighted by Gasteiger charge is -2.33. The van der Waals surface area contributed by atoms with Gasteiger partial charge in [0.2, 0.25) is 0 Å². The van der Waals surface area contributed by atoms with Crippen LogP contribution in [-0.4, -0.2) is 48.6 Å². The zero-order valence-electron chi connectivity index (χ0n) is 12.4. The normalized spacial score (nSPS) is 28.6. The van der Waals surface area contributed by atoms with Crippen LogP contribution in [-0.2, 0) is 0 Å². The summed E-state index contributed by atoms with van der Waals surface area (Å²) in [5.74, 6) is -0.370. The molecule has 3 atom stereocenters. The molecule has 116 valence electrons. The molecule has 3 nitrogen and oxygen atoms in total. The summed E-state index contributed by atoms with van der Waals surface area (Å²) in [4.78, 5) is 4.97. The maximum atomic E-state index is 13.4. The smallest absolute Gasteiger partial charge is 0.141 e. The lowest BCUT2D eigenvalue weighted by atomic mass is 10.0. The van der Waals surface area contributed by atoms with Gasteiger partial charge in [0.05, 0.1) is 5.02 Å². The summed E-state index contributed by atoms with van der Waals surface area (Å²) in [5.41, 5.74) is 7.03. The Hall–Kier alpha value is -0.680. The van der Waals surface area contributed by atoms with Crippen molar-refractivity contribution in [2.45, 2.75) is 37.4 Å². The summed E-state index contributed by atoms with van der Waals surface area (Å²) in [6, 6.07) is 6.41. The predicted octanol–water partition coefficient (Wildman–Crippen LogP) is 2.65. The number of hydrogen-bond acceptors (Lipinski definition) is 3. The molecule has 0 saturated carbocycles. The minimum absolute atomic E-state index is 0.121. The molecule has 2 fully saturated rings. The van der Waals surface area contributed by atoms with Gasteiger partial charge in [-0.3, -0.25) is 9.80 Å². The van der Waals surface area contributed by atoms with E-state index in [4.69, 9.17) is 17.3 Å². The Morgan fingerprint density at radius 1 is 1.33 bits per heavy atom. The number of nitrogens with two attached hydrogens (primary N) is 1. The standard InChI is InChI=1S/C16H23ClFN3/c1-20-12-3-4-13(20)10-21(7-6-12)16(9-19)11-2-5-15(18)14(17)8-11/h2,5,8,12-13,16H,3-4,6-7,9-10,19H2,1H3. The van der Waals surface area contributed by atoms with Crippen LogP contribution in [0.3, 0.4) is 0 Å². The Morgan fingerprint density at radius 3 is 2.81 bits per heavy atom. The van der Waals surface area contributed by atoms with E-state index in [0.29, 0.717) is 18.6 Å². The largest absolute Gasteiger partial charge is 0.329 e. The quantitative estimate of drug-likeness (QED) is 0.931. The molecular weight excluding hydrogens is 289 g/mol. The number of rotatable bonds is 3. The number of hydrogen-bond donors (Lipinski definition) is 1.